The fourth-order valence-electron chi connectivity index (χ4n) is 0.677. The molecule has 0 bridgehead atoms. The van der Waals surface area contributed by atoms with Gasteiger partial charge in [-0.2, -0.15) is 0 Å². The molecule has 0 fully saturated rings. The summed E-state index contributed by atoms with van der Waals surface area (Å²) in [6, 6.07) is 0. The van der Waals surface area contributed by atoms with Gasteiger partial charge in [-0.25, -0.2) is 0 Å². The predicted molar refractivity (Wildman–Crippen MR) is 50.0 cm³/mol. The van der Waals surface area contributed by atoms with Crippen molar-refractivity contribution in [3.05, 3.63) is 11.9 Å². The first-order chi connectivity index (χ1) is 5.16. The van der Waals surface area contributed by atoms with Gasteiger partial charge in [-0.3, -0.25) is 0 Å². The van der Waals surface area contributed by atoms with E-state index in [0.717, 1.165) is 24.6 Å². The average molecular weight is 156 g/mol. The number of hydrogen-bond acceptors (Lipinski definition) is 2. The van der Waals surface area contributed by atoms with Crippen LogP contribution in [0.5, 0.6) is 0 Å². The fourth-order valence-corrected chi connectivity index (χ4v) is 0.677. The third kappa shape index (κ3) is 7.23. The van der Waals surface area contributed by atoms with Gasteiger partial charge in [0.1, 0.15) is 0 Å². The summed E-state index contributed by atoms with van der Waals surface area (Å²) in [6.07, 6.45) is 4.03. The highest BCUT2D eigenvalue weighted by atomic mass is 14.8. The molecule has 0 aromatic heterocycles. The molecule has 11 heavy (non-hydrogen) atoms. The highest BCUT2D eigenvalue weighted by molar-refractivity contribution is 4.92. The predicted octanol–water partition coefficient (Wildman–Crippen LogP) is 1.83. The molecule has 2 nitrogen and oxygen atoms in total. The van der Waals surface area contributed by atoms with Crippen LogP contribution in [-0.4, -0.2) is 6.54 Å². The quantitative estimate of drug-likeness (QED) is 0.596. The zero-order valence-corrected chi connectivity index (χ0v) is 7.85. The topological polar surface area (TPSA) is 38.0 Å². The minimum atomic E-state index is 0.763. The van der Waals surface area contributed by atoms with E-state index >= 15 is 0 Å². The van der Waals surface area contributed by atoms with Crippen molar-refractivity contribution in [2.75, 3.05) is 6.54 Å². The van der Waals surface area contributed by atoms with Gasteiger partial charge in [-0.1, -0.05) is 20.8 Å². The molecule has 0 aliphatic rings. The van der Waals surface area contributed by atoms with Crippen LogP contribution in [0.2, 0.25) is 0 Å². The van der Waals surface area contributed by atoms with E-state index in [1.54, 1.807) is 0 Å². The molecule has 0 unspecified atom stereocenters. The Labute approximate surface area is 69.9 Å². The average Bonchev–Trinajstić information content (AvgIpc) is 1.97. The molecule has 0 spiro atoms. The highest BCUT2D eigenvalue weighted by Crippen LogP contribution is 1.96. The second-order valence-corrected chi connectivity index (χ2v) is 3.21. The minimum Gasteiger partial charge on any atom is -0.401 e. The molecule has 0 aromatic carbocycles. The molecule has 0 saturated carbocycles. The summed E-state index contributed by atoms with van der Waals surface area (Å²) in [5.41, 5.74) is 6.51. The van der Waals surface area contributed by atoms with Crippen molar-refractivity contribution in [3.8, 4) is 0 Å². The Hall–Kier alpha value is -0.660. The van der Waals surface area contributed by atoms with Gasteiger partial charge < -0.3 is 11.1 Å². The fraction of sp³-hybridized carbons (Fsp3) is 0.778. The molecule has 0 atom stereocenters. The molecule has 3 N–H and O–H groups in total. The summed E-state index contributed by atoms with van der Waals surface area (Å²) < 4.78 is 0. The standard InChI is InChI=1S/C9H20N2/c1-4-9(10)7-11-6-5-8(2)3/h7-8,11H,4-6,10H2,1-3H3/b9-7-. The first-order valence-corrected chi connectivity index (χ1v) is 4.34. The number of nitrogens with two attached hydrogens (primary N) is 1. The zero-order valence-electron chi connectivity index (χ0n) is 7.85. The van der Waals surface area contributed by atoms with Crippen LogP contribution in [0.4, 0.5) is 0 Å². The van der Waals surface area contributed by atoms with Crippen LogP contribution in [0.15, 0.2) is 11.9 Å². The molecule has 0 aliphatic carbocycles. The van der Waals surface area contributed by atoms with Gasteiger partial charge in [0, 0.05) is 18.4 Å². The number of rotatable bonds is 5. The van der Waals surface area contributed by atoms with Crippen LogP contribution in [-0.2, 0) is 0 Å². The van der Waals surface area contributed by atoms with Crippen molar-refractivity contribution in [2.24, 2.45) is 11.7 Å². The Morgan fingerprint density at radius 1 is 1.55 bits per heavy atom. The first kappa shape index (κ1) is 10.3. The smallest absolute Gasteiger partial charge is 0.0237 e. The minimum absolute atomic E-state index is 0.763. The zero-order chi connectivity index (χ0) is 8.69. The first-order valence-electron chi connectivity index (χ1n) is 4.34. The molecule has 0 saturated heterocycles. The van der Waals surface area contributed by atoms with Gasteiger partial charge in [0.05, 0.1) is 0 Å². The lowest BCUT2D eigenvalue weighted by atomic mass is 10.1. The van der Waals surface area contributed by atoms with Crippen LogP contribution in [0, 0.1) is 5.92 Å². The molecule has 0 aromatic rings. The molecule has 66 valence electrons. The van der Waals surface area contributed by atoms with Crippen molar-refractivity contribution in [1.29, 1.82) is 0 Å². The molecule has 2 heteroatoms. The van der Waals surface area contributed by atoms with Gasteiger partial charge in [0.15, 0.2) is 0 Å². The largest absolute Gasteiger partial charge is 0.401 e. The number of allylic oxidation sites excluding steroid dienone is 1. The Kier molecular flexibility index (Phi) is 5.71. The lowest BCUT2D eigenvalue weighted by molar-refractivity contribution is 0.570. The molecule has 0 rings (SSSR count). The SMILES string of the molecule is CC/C(N)=C/NCCC(C)C. The summed E-state index contributed by atoms with van der Waals surface area (Å²) >= 11 is 0. The van der Waals surface area contributed by atoms with E-state index in [0.29, 0.717) is 0 Å². The summed E-state index contributed by atoms with van der Waals surface area (Å²) in [7, 11) is 0. The second kappa shape index (κ2) is 6.08. The van der Waals surface area contributed by atoms with E-state index < -0.39 is 0 Å². The normalized spacial score (nSPS) is 12.2. The molecule has 0 amide bonds. The lowest BCUT2D eigenvalue weighted by Crippen LogP contribution is -2.12. The van der Waals surface area contributed by atoms with Crippen molar-refractivity contribution >= 4 is 0 Å². The van der Waals surface area contributed by atoms with Crippen molar-refractivity contribution in [1.82, 2.24) is 5.32 Å². The van der Waals surface area contributed by atoms with E-state index in [1.807, 2.05) is 6.20 Å². The molecule has 0 aliphatic heterocycles. The lowest BCUT2D eigenvalue weighted by Gasteiger charge is -2.04. The monoisotopic (exact) mass is 156 g/mol. The van der Waals surface area contributed by atoms with E-state index in [2.05, 4.69) is 26.1 Å². The summed E-state index contributed by atoms with van der Waals surface area (Å²) in [6.45, 7) is 7.51. The van der Waals surface area contributed by atoms with Gasteiger partial charge in [-0.15, -0.1) is 0 Å². The Morgan fingerprint density at radius 3 is 2.64 bits per heavy atom. The highest BCUT2D eigenvalue weighted by Gasteiger charge is 1.90. The van der Waals surface area contributed by atoms with Crippen LogP contribution in [0.1, 0.15) is 33.6 Å². The van der Waals surface area contributed by atoms with Crippen LogP contribution in [0.3, 0.4) is 0 Å². The Bertz CT molecular complexity index is 117. The van der Waals surface area contributed by atoms with Gasteiger partial charge in [-0.05, 0) is 18.8 Å². The summed E-state index contributed by atoms with van der Waals surface area (Å²) in [5.74, 6) is 0.763. The maximum atomic E-state index is 5.59. The molecular weight excluding hydrogens is 136 g/mol. The van der Waals surface area contributed by atoms with Gasteiger partial charge >= 0.3 is 0 Å². The van der Waals surface area contributed by atoms with E-state index in [-0.39, 0.29) is 0 Å². The van der Waals surface area contributed by atoms with Crippen LogP contribution in [0.25, 0.3) is 0 Å². The molecule has 0 heterocycles. The maximum Gasteiger partial charge on any atom is 0.0237 e. The number of nitrogens with one attached hydrogen (secondary N) is 1. The summed E-state index contributed by atoms with van der Waals surface area (Å²) in [4.78, 5) is 0. The van der Waals surface area contributed by atoms with Crippen molar-refractivity contribution in [2.45, 2.75) is 33.6 Å². The van der Waals surface area contributed by atoms with Gasteiger partial charge in [0.2, 0.25) is 0 Å². The van der Waals surface area contributed by atoms with E-state index in [1.165, 1.54) is 6.42 Å². The van der Waals surface area contributed by atoms with Crippen LogP contribution >= 0.6 is 0 Å². The maximum absolute atomic E-state index is 5.59. The number of hydrogen-bond donors (Lipinski definition) is 2. The van der Waals surface area contributed by atoms with E-state index in [9.17, 15) is 0 Å². The summed E-state index contributed by atoms with van der Waals surface area (Å²) in [5, 5.41) is 3.18. The van der Waals surface area contributed by atoms with Crippen molar-refractivity contribution < 1.29 is 0 Å². The van der Waals surface area contributed by atoms with Crippen LogP contribution < -0.4 is 11.1 Å². The van der Waals surface area contributed by atoms with Crippen molar-refractivity contribution in [3.63, 3.8) is 0 Å². The third-order valence-corrected chi connectivity index (χ3v) is 1.56. The Balaban J connectivity index is 3.26. The second-order valence-electron chi connectivity index (χ2n) is 3.21. The third-order valence-electron chi connectivity index (χ3n) is 1.56. The Morgan fingerprint density at radius 2 is 2.18 bits per heavy atom. The van der Waals surface area contributed by atoms with E-state index in [4.69, 9.17) is 5.73 Å². The molecular formula is C9H20N2. The van der Waals surface area contributed by atoms with Gasteiger partial charge in [0.25, 0.3) is 0 Å². The molecule has 0 radical (unpaired) electrons.